The monoisotopic (exact) mass is 1530 g/mol. The number of imide groups is 2. The van der Waals surface area contributed by atoms with Crippen LogP contribution in [0.3, 0.4) is 0 Å². The van der Waals surface area contributed by atoms with Crippen molar-refractivity contribution in [1.82, 2.24) is 20.0 Å². The topological polar surface area (TPSA) is 128 Å². The van der Waals surface area contributed by atoms with Gasteiger partial charge in [0.15, 0.2) is 0 Å². The molecule has 4 aliphatic heterocycles. The van der Waals surface area contributed by atoms with Crippen LogP contribution in [0.25, 0.3) is 0 Å². The second kappa shape index (κ2) is 31.8. The fourth-order valence-electron chi connectivity index (χ4n) is 9.35. The summed E-state index contributed by atoms with van der Waals surface area (Å²) in [6.07, 6.45) is 8.81. The van der Waals surface area contributed by atoms with Crippen molar-refractivity contribution in [3.8, 4) is 0 Å². The third-order valence-corrected chi connectivity index (χ3v) is 13.8. The van der Waals surface area contributed by atoms with Crippen LogP contribution in [0.15, 0.2) is 108 Å². The molecular weight excluding hydrogens is 1460 g/mol. The summed E-state index contributed by atoms with van der Waals surface area (Å²) < 4.78 is 0. The SMILES string of the molecule is C.C/C=N/N.C=C1CC(=O)N(Cc2ccccc2)C1=O.CC1CC12CC(=O)N(Cc1ccccc1)C2=O.CC1CC12CCN(Cc1ccccc1)C2.CC1CC12CCNC2.CI.CI.[I][V]([I])[I]. The number of nitrogens with two attached hydrogens (primary N) is 1. The Kier molecular flexibility index (Phi) is 29.7. The Bertz CT molecular complexity index is 2040. The van der Waals surface area contributed by atoms with Crippen molar-refractivity contribution < 1.29 is 24.1 Å². The quantitative estimate of drug-likeness (QED) is 0.0478. The van der Waals surface area contributed by atoms with Crippen LogP contribution >= 0.6 is 105 Å². The molecule has 376 valence electrons. The third kappa shape index (κ3) is 19.3. The number of nitrogens with one attached hydrogen (secondary N) is 1. The fourth-order valence-corrected chi connectivity index (χ4v) is 9.35. The third-order valence-electron chi connectivity index (χ3n) is 13.8. The maximum atomic E-state index is 12.2. The van der Waals surface area contributed by atoms with Crippen molar-refractivity contribution in [3.63, 3.8) is 0 Å². The number of nitrogens with zero attached hydrogens (tertiary/aromatic N) is 4. The second-order valence-electron chi connectivity index (χ2n) is 18.2. The fraction of sp³-hybridized carbons (Fsp3) is 0.519. The Balaban J connectivity index is 0.000000292. The summed E-state index contributed by atoms with van der Waals surface area (Å²) >= 11 is 11.7. The minimum atomic E-state index is -0.328. The molecule has 0 bridgehead atoms. The van der Waals surface area contributed by atoms with Crippen LogP contribution in [0.2, 0.25) is 0 Å². The van der Waals surface area contributed by atoms with Crippen LogP contribution < -0.4 is 11.2 Å². The van der Waals surface area contributed by atoms with Crippen molar-refractivity contribution in [3.05, 3.63) is 120 Å². The van der Waals surface area contributed by atoms with Crippen LogP contribution in [0, 0.1) is 34.0 Å². The van der Waals surface area contributed by atoms with Gasteiger partial charge in [0.05, 0.1) is 24.9 Å². The van der Waals surface area contributed by atoms with Crippen molar-refractivity contribution in [2.75, 3.05) is 36.0 Å². The van der Waals surface area contributed by atoms with Gasteiger partial charge >= 0.3 is 64.9 Å². The molecule has 3 aliphatic carbocycles. The van der Waals surface area contributed by atoms with E-state index in [2.05, 4.69) is 184 Å². The molecule has 10 nitrogen and oxygen atoms in total. The summed E-state index contributed by atoms with van der Waals surface area (Å²) in [5.74, 6) is 6.61. The van der Waals surface area contributed by atoms with Gasteiger partial charge in [-0.15, -0.1) is 0 Å². The van der Waals surface area contributed by atoms with Crippen LogP contribution in [-0.2, 0) is 43.7 Å². The van der Waals surface area contributed by atoms with E-state index in [1.54, 1.807) is 6.92 Å². The first-order valence-corrected chi connectivity index (χ1v) is 40.5. The van der Waals surface area contributed by atoms with Gasteiger partial charge in [-0.3, -0.25) is 33.9 Å². The molecule has 0 aromatic heterocycles. The number of hydrazone groups is 1. The first-order chi connectivity index (χ1) is 32.1. The van der Waals surface area contributed by atoms with Gasteiger partial charge in [-0.25, -0.2) is 0 Å². The van der Waals surface area contributed by atoms with E-state index in [9.17, 15) is 19.2 Å². The van der Waals surface area contributed by atoms with Crippen LogP contribution in [0.4, 0.5) is 0 Å². The zero-order valence-electron chi connectivity index (χ0n) is 39.9. The number of rotatable bonds is 6. The van der Waals surface area contributed by atoms with Gasteiger partial charge in [-0.1, -0.05) is 171 Å². The van der Waals surface area contributed by atoms with E-state index in [1.807, 2.05) is 70.5 Å². The molecule has 7 aliphatic rings. The molecule has 16 heteroatoms. The Hall–Kier alpha value is -0.696. The first kappa shape index (κ1) is 63.4. The van der Waals surface area contributed by atoms with Crippen molar-refractivity contribution in [2.45, 2.75) is 99.7 Å². The zero-order valence-corrected chi connectivity index (χ0v) is 52.1. The molecular formula is C52H74I5N6O4V. The summed E-state index contributed by atoms with van der Waals surface area (Å²) in [6, 6.07) is 30.0. The molecule has 3 aromatic carbocycles. The number of carbonyl (C=O) groups is 4. The molecule has 68 heavy (non-hydrogen) atoms. The van der Waals surface area contributed by atoms with Crippen LogP contribution in [0.5, 0.6) is 0 Å². The van der Waals surface area contributed by atoms with E-state index in [-0.39, 0.29) is 47.8 Å². The van der Waals surface area contributed by atoms with E-state index >= 15 is 0 Å². The minimum absolute atomic E-state index is 0. The molecule has 4 heterocycles. The first-order valence-electron chi connectivity index (χ1n) is 22.7. The number of hydrogen-bond acceptors (Lipinski definition) is 8. The average Bonchev–Trinajstić information content (AvgIpc) is 4.12. The van der Waals surface area contributed by atoms with E-state index in [1.165, 1.54) is 73.4 Å². The van der Waals surface area contributed by atoms with Gasteiger partial charge in [-0.05, 0) is 107 Å². The van der Waals surface area contributed by atoms with Gasteiger partial charge in [-0.2, -0.15) is 5.10 Å². The molecule has 0 radical (unpaired) electrons. The molecule has 4 amide bonds. The number of carbonyl (C=O) groups excluding carboxylic acids is 4. The van der Waals surface area contributed by atoms with E-state index in [4.69, 9.17) is 0 Å². The predicted molar refractivity (Wildman–Crippen MR) is 322 cm³/mol. The van der Waals surface area contributed by atoms with Crippen molar-refractivity contribution in [1.29, 1.82) is 0 Å². The molecule has 6 atom stereocenters. The van der Waals surface area contributed by atoms with E-state index < -0.39 is 0 Å². The number of hydrogen-bond donors (Lipinski definition) is 2. The second-order valence-corrected chi connectivity index (χ2v) is 53.5. The molecule has 6 unspecified atom stereocenters. The predicted octanol–water partition coefficient (Wildman–Crippen LogP) is 12.7. The number of benzene rings is 3. The summed E-state index contributed by atoms with van der Waals surface area (Å²) in [4.78, 5) is 56.0. The molecule has 7 fully saturated rings. The Morgan fingerprint density at radius 3 is 1.46 bits per heavy atom. The van der Waals surface area contributed by atoms with Gasteiger partial charge in [0.2, 0.25) is 17.7 Å². The number of amides is 4. The van der Waals surface area contributed by atoms with Gasteiger partial charge in [0.1, 0.15) is 0 Å². The van der Waals surface area contributed by atoms with Gasteiger partial charge in [0, 0.05) is 37.8 Å². The summed E-state index contributed by atoms with van der Waals surface area (Å²) in [7, 11) is 0. The average molecular weight is 1530 g/mol. The summed E-state index contributed by atoms with van der Waals surface area (Å²) in [5, 5.41) is 6.52. The van der Waals surface area contributed by atoms with E-state index in [0.29, 0.717) is 31.0 Å². The van der Waals surface area contributed by atoms with E-state index in [0.717, 1.165) is 46.8 Å². The van der Waals surface area contributed by atoms with Gasteiger partial charge in [0.25, 0.3) is 5.91 Å². The van der Waals surface area contributed by atoms with Gasteiger partial charge < -0.3 is 11.2 Å². The molecule has 3 saturated carbocycles. The molecule has 3 aromatic rings. The van der Waals surface area contributed by atoms with Crippen LogP contribution in [0.1, 0.15) is 96.8 Å². The Morgan fingerprint density at radius 2 is 1.15 bits per heavy atom. The summed E-state index contributed by atoms with van der Waals surface area (Å²) in [5.41, 5.74) is 5.01. The molecule has 10 rings (SSSR count). The number of alkyl halides is 2. The standard InChI is InChI=1S/C14H15NO2.C14H19N.C12H11NO2.C7H13N.C2H6N2.2CH3I.CH4.3HI.V/c1-10-7-14(10)8-12(16)15(13(14)17)9-11-5-3-2-4-6-11;1-12-9-14(12)7-8-15(11-14)10-13-5-3-2-4-6-13;1-9-7-11(14)13(12(9)15)8-10-5-3-2-4-6-10;1-6-4-7(6)2-3-8-5-7;1-2-4-3;2*1-2;;;;;/h2-6,10H,7-9H2,1H3;2-6,12H,7-11H2,1H3;2-6H,1,7-8H2;6,8H,2-5H2,1H3;2H,3H2,1H3;2*1H3;1H4;3*1H;/q;;;;;;;;;;;+3/p-3/b;;;;4-2+;;;;;;;. The number of halogens is 5. The Labute approximate surface area is 473 Å². The summed E-state index contributed by atoms with van der Waals surface area (Å²) in [6.45, 7) is 19.3. The number of likely N-dealkylation sites (tertiary alicyclic amines) is 3. The zero-order chi connectivity index (χ0) is 49.8. The van der Waals surface area contributed by atoms with Crippen LogP contribution in [-0.4, -0.2) is 80.6 Å². The molecule has 4 saturated heterocycles. The Morgan fingerprint density at radius 1 is 0.721 bits per heavy atom. The maximum absolute atomic E-state index is 12.2. The molecule has 3 spiro atoms. The normalized spacial score (nSPS) is 26.6. The van der Waals surface area contributed by atoms with Crippen molar-refractivity contribution in [2.24, 2.45) is 44.9 Å². The molecule has 3 N–H and O–H groups in total. The van der Waals surface area contributed by atoms with Crippen molar-refractivity contribution >= 4 is 135 Å².